The van der Waals surface area contributed by atoms with Gasteiger partial charge >= 0.3 is 0 Å². The summed E-state index contributed by atoms with van der Waals surface area (Å²) in [6.45, 7) is 6.91. The third-order valence-electron chi connectivity index (χ3n) is 3.72. The molecule has 0 amide bonds. The Morgan fingerprint density at radius 1 is 1.21 bits per heavy atom. The van der Waals surface area contributed by atoms with Gasteiger partial charge < -0.3 is 10.6 Å². The molecule has 1 aliphatic heterocycles. The number of fused-ring (bicyclic) bond motifs is 1. The second-order valence-electron chi connectivity index (χ2n) is 5.17. The van der Waals surface area contributed by atoms with E-state index in [1.54, 1.807) is 0 Å². The van der Waals surface area contributed by atoms with E-state index in [2.05, 4.69) is 45.9 Å². The number of nitrogens with zero attached hydrogens (tertiary/aromatic N) is 3. The molecule has 0 radical (unpaired) electrons. The van der Waals surface area contributed by atoms with Gasteiger partial charge in [0.1, 0.15) is 0 Å². The van der Waals surface area contributed by atoms with Gasteiger partial charge in [-0.25, -0.2) is 4.68 Å². The molecule has 4 nitrogen and oxygen atoms in total. The normalized spacial score (nSPS) is 13.9. The minimum Gasteiger partial charge on any atom is -0.394 e. The molecule has 0 spiro atoms. The first-order valence-electron chi connectivity index (χ1n) is 6.85. The lowest BCUT2D eigenvalue weighted by Crippen LogP contribution is -2.20. The molecule has 19 heavy (non-hydrogen) atoms. The Morgan fingerprint density at radius 2 is 1.84 bits per heavy atom. The van der Waals surface area contributed by atoms with Crippen LogP contribution in [0.5, 0.6) is 0 Å². The Kier molecular flexibility index (Phi) is 2.93. The van der Waals surface area contributed by atoms with Crippen molar-refractivity contribution < 1.29 is 0 Å². The summed E-state index contributed by atoms with van der Waals surface area (Å²) in [7, 11) is 0. The van der Waals surface area contributed by atoms with Crippen molar-refractivity contribution in [3.63, 3.8) is 0 Å². The van der Waals surface area contributed by atoms with E-state index in [1.807, 2.05) is 6.92 Å². The zero-order valence-corrected chi connectivity index (χ0v) is 11.6. The topological polar surface area (TPSA) is 47.1 Å². The van der Waals surface area contributed by atoms with E-state index in [9.17, 15) is 0 Å². The van der Waals surface area contributed by atoms with Crippen LogP contribution >= 0.6 is 0 Å². The Morgan fingerprint density at radius 3 is 2.42 bits per heavy atom. The van der Waals surface area contributed by atoms with Crippen LogP contribution in [0.2, 0.25) is 0 Å². The summed E-state index contributed by atoms with van der Waals surface area (Å²) < 4.78 is 2.05. The summed E-state index contributed by atoms with van der Waals surface area (Å²) in [5.74, 6) is 1.08. The molecule has 1 aliphatic rings. The van der Waals surface area contributed by atoms with Crippen LogP contribution in [0.3, 0.4) is 0 Å². The maximum Gasteiger partial charge on any atom is 0.151 e. The molecule has 0 atom stereocenters. The molecule has 0 saturated heterocycles. The second kappa shape index (κ2) is 4.61. The number of nitrogens with two attached hydrogens (primary N) is 1. The summed E-state index contributed by atoms with van der Waals surface area (Å²) in [5.41, 5.74) is 10.8. The molecule has 0 saturated carbocycles. The van der Waals surface area contributed by atoms with Gasteiger partial charge in [-0.05, 0) is 24.5 Å². The van der Waals surface area contributed by atoms with Crippen molar-refractivity contribution in [2.45, 2.75) is 39.9 Å². The van der Waals surface area contributed by atoms with Crippen molar-refractivity contribution in [2.75, 3.05) is 10.6 Å². The van der Waals surface area contributed by atoms with Crippen LogP contribution < -0.4 is 10.6 Å². The first-order chi connectivity index (χ1) is 9.20. The lowest BCUT2D eigenvalue weighted by molar-refractivity contribution is 0.587. The molecule has 1 aromatic carbocycles. The van der Waals surface area contributed by atoms with Crippen LogP contribution in [0.25, 0.3) is 0 Å². The van der Waals surface area contributed by atoms with Crippen molar-refractivity contribution >= 4 is 11.5 Å². The number of hydrogen-bond donors (Lipinski definition) is 1. The van der Waals surface area contributed by atoms with Crippen LogP contribution in [0, 0.1) is 6.92 Å². The van der Waals surface area contributed by atoms with E-state index in [-0.39, 0.29) is 0 Å². The highest BCUT2D eigenvalue weighted by Crippen LogP contribution is 2.33. The van der Waals surface area contributed by atoms with Crippen molar-refractivity contribution in [2.24, 2.45) is 0 Å². The lowest BCUT2D eigenvalue weighted by Gasteiger charge is -2.19. The maximum atomic E-state index is 6.22. The fraction of sp³-hybridized carbons (Fsp3) is 0.400. The van der Waals surface area contributed by atoms with Gasteiger partial charge in [0.05, 0.1) is 11.4 Å². The van der Waals surface area contributed by atoms with Gasteiger partial charge in [-0.2, -0.15) is 5.10 Å². The lowest BCUT2D eigenvalue weighted by atomic mass is 10.1. The molecule has 0 unspecified atom stereocenters. The number of rotatable bonds is 3. The van der Waals surface area contributed by atoms with E-state index in [4.69, 9.17) is 5.73 Å². The smallest absolute Gasteiger partial charge is 0.151 e. The molecule has 1 aromatic heterocycles. The number of benzene rings is 1. The Hall–Kier alpha value is -1.97. The average Bonchev–Trinajstić information content (AvgIpc) is 2.92. The fourth-order valence-corrected chi connectivity index (χ4v) is 2.77. The highest BCUT2D eigenvalue weighted by atomic mass is 15.4. The van der Waals surface area contributed by atoms with Gasteiger partial charge in [0, 0.05) is 19.6 Å². The van der Waals surface area contributed by atoms with Crippen LogP contribution in [0.1, 0.15) is 30.2 Å². The van der Waals surface area contributed by atoms with Crippen LogP contribution in [-0.2, 0) is 19.6 Å². The second-order valence-corrected chi connectivity index (χ2v) is 5.17. The van der Waals surface area contributed by atoms with E-state index >= 15 is 0 Å². The van der Waals surface area contributed by atoms with Gasteiger partial charge in [0.15, 0.2) is 5.82 Å². The van der Waals surface area contributed by atoms with Gasteiger partial charge in [-0.3, -0.25) is 0 Å². The molecule has 100 valence electrons. The quantitative estimate of drug-likeness (QED) is 0.918. The Balaban J connectivity index is 1.96. The maximum absolute atomic E-state index is 6.22. The number of hydrogen-bond acceptors (Lipinski definition) is 3. The number of aromatic nitrogens is 2. The minimum atomic E-state index is 0.821. The van der Waals surface area contributed by atoms with Crippen molar-refractivity contribution in [1.29, 1.82) is 0 Å². The molecule has 2 heterocycles. The number of nitrogen functional groups attached to an aromatic ring is 1. The fourth-order valence-electron chi connectivity index (χ4n) is 2.77. The minimum absolute atomic E-state index is 0.821. The van der Waals surface area contributed by atoms with E-state index in [1.165, 1.54) is 11.1 Å². The summed E-state index contributed by atoms with van der Waals surface area (Å²) in [6, 6.07) is 8.58. The highest BCUT2D eigenvalue weighted by molar-refractivity contribution is 5.67. The van der Waals surface area contributed by atoms with Crippen molar-refractivity contribution in [1.82, 2.24) is 9.78 Å². The van der Waals surface area contributed by atoms with Gasteiger partial charge in [0.25, 0.3) is 0 Å². The van der Waals surface area contributed by atoms with Gasteiger partial charge in [-0.1, -0.05) is 31.2 Å². The third-order valence-corrected chi connectivity index (χ3v) is 3.72. The number of anilines is 2. The molecule has 0 bridgehead atoms. The first kappa shape index (κ1) is 12.1. The molecule has 2 N–H and O–H groups in total. The monoisotopic (exact) mass is 256 g/mol. The van der Waals surface area contributed by atoms with Crippen molar-refractivity contribution in [3.05, 3.63) is 41.1 Å². The predicted molar refractivity (Wildman–Crippen MR) is 78.0 cm³/mol. The summed E-state index contributed by atoms with van der Waals surface area (Å²) in [4.78, 5) is 2.33. The van der Waals surface area contributed by atoms with Crippen LogP contribution in [0.4, 0.5) is 11.5 Å². The van der Waals surface area contributed by atoms with Gasteiger partial charge in [0.2, 0.25) is 0 Å². The van der Waals surface area contributed by atoms with E-state index in [0.717, 1.165) is 43.3 Å². The Bertz CT molecular complexity index is 575. The van der Waals surface area contributed by atoms with Gasteiger partial charge in [-0.15, -0.1) is 0 Å². The molecule has 2 aromatic rings. The van der Waals surface area contributed by atoms with Crippen LogP contribution in [0.15, 0.2) is 24.3 Å². The molecular formula is C15H20N4. The molecule has 0 aliphatic carbocycles. The molecule has 0 fully saturated rings. The first-order valence-corrected chi connectivity index (χ1v) is 6.85. The molecule has 3 rings (SSSR count). The summed E-state index contributed by atoms with van der Waals surface area (Å²) in [5, 5.41) is 4.56. The zero-order chi connectivity index (χ0) is 13.4. The highest BCUT2D eigenvalue weighted by Gasteiger charge is 2.24. The standard InChI is InChI=1S/C15H20N4/c1-3-8-19-15(14(16)11(2)17-19)18-9-12-6-4-5-7-13(12)10-18/h4-7H,3,8-10,16H2,1-2H3. The number of aryl methyl sites for hydroxylation is 2. The SMILES string of the molecule is CCCn1nc(C)c(N)c1N1Cc2ccccc2C1. The molecular weight excluding hydrogens is 236 g/mol. The largest absolute Gasteiger partial charge is 0.394 e. The zero-order valence-electron chi connectivity index (χ0n) is 11.6. The summed E-state index contributed by atoms with van der Waals surface area (Å²) >= 11 is 0. The van der Waals surface area contributed by atoms with E-state index in [0.29, 0.717) is 0 Å². The van der Waals surface area contributed by atoms with Crippen molar-refractivity contribution in [3.8, 4) is 0 Å². The third kappa shape index (κ3) is 1.97. The average molecular weight is 256 g/mol. The summed E-state index contributed by atoms with van der Waals surface area (Å²) in [6.07, 6.45) is 1.06. The van der Waals surface area contributed by atoms with E-state index < -0.39 is 0 Å². The van der Waals surface area contributed by atoms with Crippen LogP contribution in [-0.4, -0.2) is 9.78 Å². The molecule has 4 heteroatoms. The Labute approximate surface area is 113 Å². The predicted octanol–water partition coefficient (Wildman–Crippen LogP) is 2.70.